The van der Waals surface area contributed by atoms with Crippen LogP contribution in [0.1, 0.15) is 22.3 Å². The molecule has 0 bridgehead atoms. The van der Waals surface area contributed by atoms with Crippen molar-refractivity contribution in [2.24, 2.45) is 0 Å². The Labute approximate surface area is 91.2 Å². The summed E-state index contributed by atoms with van der Waals surface area (Å²) in [6.45, 7) is 0. The number of hydrogen-bond donors (Lipinski definition) is 1. The van der Waals surface area contributed by atoms with E-state index >= 15 is 0 Å². The molecule has 0 spiro atoms. The van der Waals surface area contributed by atoms with E-state index in [0.29, 0.717) is 5.56 Å². The second-order valence-electron chi connectivity index (χ2n) is 2.72. The first-order chi connectivity index (χ1) is 7.15. The minimum atomic E-state index is -1.13. The van der Waals surface area contributed by atoms with Crippen molar-refractivity contribution in [1.82, 2.24) is 4.98 Å². The molecule has 0 aromatic carbocycles. The molecular weight excluding hydrogens is 218 g/mol. The number of rotatable bonds is 4. The summed E-state index contributed by atoms with van der Waals surface area (Å²) >= 11 is 5.58. The monoisotopic (exact) mass is 225 g/mol. The average molecular weight is 226 g/mol. The molecule has 0 radical (unpaired) electrons. The van der Waals surface area contributed by atoms with Crippen molar-refractivity contribution in [3.05, 3.63) is 34.6 Å². The first kappa shape index (κ1) is 11.4. The van der Waals surface area contributed by atoms with E-state index in [1.807, 2.05) is 0 Å². The van der Waals surface area contributed by atoms with Crippen molar-refractivity contribution in [1.29, 1.82) is 0 Å². The lowest BCUT2D eigenvalue weighted by atomic mass is 10.2. The number of carboxylic acid groups (broad SMARTS) is 1. The third kappa shape index (κ3) is 3.18. The van der Waals surface area contributed by atoms with Crippen molar-refractivity contribution in [3.8, 4) is 0 Å². The van der Waals surface area contributed by atoms with E-state index in [4.69, 9.17) is 16.7 Å². The van der Waals surface area contributed by atoms with Gasteiger partial charge in [-0.3, -0.25) is 0 Å². The Bertz CT molecular complexity index is 415. The van der Waals surface area contributed by atoms with Crippen LogP contribution in [0.5, 0.6) is 0 Å². The zero-order valence-electron chi connectivity index (χ0n) is 7.68. The van der Waals surface area contributed by atoms with Crippen molar-refractivity contribution in [3.63, 3.8) is 0 Å². The maximum atomic E-state index is 10.7. The summed E-state index contributed by atoms with van der Waals surface area (Å²) in [5, 5.41) is 8.71. The highest BCUT2D eigenvalue weighted by Crippen LogP contribution is 2.15. The third-order valence-corrected chi connectivity index (χ3v) is 1.93. The lowest BCUT2D eigenvalue weighted by Gasteiger charge is -1.98. The van der Waals surface area contributed by atoms with Gasteiger partial charge in [-0.2, -0.15) is 0 Å². The number of allylic oxidation sites excluding steroid dienone is 1. The Balaban J connectivity index is 2.97. The number of nitrogens with zero attached hydrogens (tertiary/aromatic N) is 1. The van der Waals surface area contributed by atoms with Crippen LogP contribution >= 0.6 is 11.6 Å². The summed E-state index contributed by atoms with van der Waals surface area (Å²) in [5.41, 5.74) is 0.545. The number of carbonyl (C=O) groups is 2. The van der Waals surface area contributed by atoms with Gasteiger partial charge in [0, 0.05) is 12.6 Å². The first-order valence-corrected chi connectivity index (χ1v) is 4.52. The Morgan fingerprint density at radius 3 is 2.93 bits per heavy atom. The minimum Gasteiger partial charge on any atom is -0.478 e. The van der Waals surface area contributed by atoms with Crippen LogP contribution in [0.4, 0.5) is 0 Å². The van der Waals surface area contributed by atoms with Crippen LogP contribution in [0.2, 0.25) is 5.15 Å². The van der Waals surface area contributed by atoms with Gasteiger partial charge in [0.1, 0.15) is 11.4 Å². The van der Waals surface area contributed by atoms with Gasteiger partial charge in [-0.15, -0.1) is 0 Å². The van der Waals surface area contributed by atoms with Crippen molar-refractivity contribution in [2.45, 2.75) is 6.42 Å². The fourth-order valence-electron chi connectivity index (χ4n) is 0.965. The van der Waals surface area contributed by atoms with E-state index in [1.165, 1.54) is 12.3 Å². The number of aromatic nitrogens is 1. The smallest absolute Gasteiger partial charge is 0.338 e. The number of aromatic carboxylic acids is 1. The molecule has 0 atom stereocenters. The molecule has 0 unspecified atom stereocenters. The number of carbonyl (C=O) groups excluding carboxylic acids is 1. The summed E-state index contributed by atoms with van der Waals surface area (Å²) in [5.74, 6) is -1.13. The molecule has 1 N–H and O–H groups in total. The quantitative estimate of drug-likeness (QED) is 0.629. The molecule has 1 rings (SSSR count). The topological polar surface area (TPSA) is 67.3 Å². The second-order valence-corrected chi connectivity index (χ2v) is 3.07. The number of aldehydes is 1. The fraction of sp³-hybridized carbons (Fsp3) is 0.100. The molecule has 0 aliphatic heterocycles. The van der Waals surface area contributed by atoms with Gasteiger partial charge in [-0.05, 0) is 11.6 Å². The Hall–Kier alpha value is -1.68. The Morgan fingerprint density at radius 1 is 1.60 bits per heavy atom. The number of pyridine rings is 1. The molecule has 0 saturated heterocycles. The molecule has 15 heavy (non-hydrogen) atoms. The first-order valence-electron chi connectivity index (χ1n) is 4.14. The second kappa shape index (κ2) is 5.26. The van der Waals surface area contributed by atoms with E-state index in [2.05, 4.69) is 4.98 Å². The average Bonchev–Trinajstić information content (AvgIpc) is 2.20. The molecule has 0 aliphatic carbocycles. The van der Waals surface area contributed by atoms with Gasteiger partial charge in [0.05, 0.1) is 5.56 Å². The SMILES string of the molecule is O=CCC=Cc1cnc(Cl)c(C(=O)O)c1. The summed E-state index contributed by atoms with van der Waals surface area (Å²) < 4.78 is 0. The van der Waals surface area contributed by atoms with E-state index in [9.17, 15) is 9.59 Å². The van der Waals surface area contributed by atoms with Crippen molar-refractivity contribution >= 4 is 29.9 Å². The molecule has 4 nitrogen and oxygen atoms in total. The molecule has 5 heteroatoms. The van der Waals surface area contributed by atoms with Gasteiger partial charge < -0.3 is 9.90 Å². The summed E-state index contributed by atoms with van der Waals surface area (Å²) in [6.07, 6.45) is 5.70. The highest BCUT2D eigenvalue weighted by molar-refractivity contribution is 6.32. The maximum Gasteiger partial charge on any atom is 0.338 e. The molecule has 1 aromatic rings. The highest BCUT2D eigenvalue weighted by Gasteiger charge is 2.09. The summed E-state index contributed by atoms with van der Waals surface area (Å²) in [7, 11) is 0. The Kier molecular flexibility index (Phi) is 4.00. The van der Waals surface area contributed by atoms with Crippen molar-refractivity contribution in [2.75, 3.05) is 0 Å². The molecule has 0 amide bonds. The molecule has 1 heterocycles. The summed E-state index contributed by atoms with van der Waals surface area (Å²) in [4.78, 5) is 24.5. The predicted octanol–water partition coefficient (Wildman–Crippen LogP) is 2.04. The molecular formula is C10H8ClNO3. The van der Waals surface area contributed by atoms with Crippen LogP contribution in [0.3, 0.4) is 0 Å². The van der Waals surface area contributed by atoms with Crippen LogP contribution < -0.4 is 0 Å². The summed E-state index contributed by atoms with van der Waals surface area (Å²) in [6, 6.07) is 1.40. The molecule has 0 aliphatic rings. The largest absolute Gasteiger partial charge is 0.478 e. The maximum absolute atomic E-state index is 10.7. The number of carboxylic acids is 1. The highest BCUT2D eigenvalue weighted by atomic mass is 35.5. The zero-order chi connectivity index (χ0) is 11.3. The lowest BCUT2D eigenvalue weighted by molar-refractivity contribution is -0.107. The van der Waals surface area contributed by atoms with Crippen molar-refractivity contribution < 1.29 is 14.7 Å². The molecule has 0 saturated carbocycles. The van der Waals surface area contributed by atoms with Gasteiger partial charge in [0.25, 0.3) is 0 Å². The standard InChI is InChI=1S/C10H8ClNO3/c11-9-8(10(14)15)5-7(6-12-9)3-1-2-4-13/h1,3-6H,2H2,(H,14,15). The fourth-order valence-corrected chi connectivity index (χ4v) is 1.15. The zero-order valence-corrected chi connectivity index (χ0v) is 8.44. The number of halogens is 1. The van der Waals surface area contributed by atoms with Crippen LogP contribution in [0, 0.1) is 0 Å². The third-order valence-electron chi connectivity index (χ3n) is 1.63. The van der Waals surface area contributed by atoms with E-state index in [-0.39, 0.29) is 17.1 Å². The molecule has 78 valence electrons. The molecule has 0 fully saturated rings. The normalized spacial score (nSPS) is 10.5. The van der Waals surface area contributed by atoms with E-state index < -0.39 is 5.97 Å². The van der Waals surface area contributed by atoms with Crippen LogP contribution in [0.15, 0.2) is 18.3 Å². The lowest BCUT2D eigenvalue weighted by Crippen LogP contribution is -1.99. The van der Waals surface area contributed by atoms with Crippen LogP contribution in [-0.4, -0.2) is 22.3 Å². The van der Waals surface area contributed by atoms with Crippen LogP contribution in [-0.2, 0) is 4.79 Å². The number of hydrogen-bond acceptors (Lipinski definition) is 3. The van der Waals surface area contributed by atoms with Gasteiger partial charge in [-0.1, -0.05) is 23.8 Å². The van der Waals surface area contributed by atoms with Gasteiger partial charge in [-0.25, -0.2) is 9.78 Å². The van der Waals surface area contributed by atoms with Gasteiger partial charge in [0.15, 0.2) is 0 Å². The van der Waals surface area contributed by atoms with E-state index in [1.54, 1.807) is 12.2 Å². The van der Waals surface area contributed by atoms with Crippen LogP contribution in [0.25, 0.3) is 6.08 Å². The van der Waals surface area contributed by atoms with Gasteiger partial charge >= 0.3 is 5.97 Å². The van der Waals surface area contributed by atoms with Gasteiger partial charge in [0.2, 0.25) is 0 Å². The minimum absolute atomic E-state index is 0.0463. The molecule has 1 aromatic heterocycles. The Morgan fingerprint density at radius 2 is 2.33 bits per heavy atom. The van der Waals surface area contributed by atoms with E-state index in [0.717, 1.165) is 6.29 Å². The predicted molar refractivity (Wildman–Crippen MR) is 55.9 cm³/mol.